The highest BCUT2D eigenvalue weighted by atomic mass is 16.5. The zero-order chi connectivity index (χ0) is 17.8. The SMILES string of the molecule is COc1cccc(-c2cc(CNC(=O)c3cccn(C)c3=O)no2)c1. The number of hydrogen-bond acceptors (Lipinski definition) is 5. The Kier molecular flexibility index (Phi) is 4.65. The lowest BCUT2D eigenvalue weighted by Gasteiger charge is -2.03. The third-order valence-electron chi connectivity index (χ3n) is 3.71. The van der Waals surface area contributed by atoms with Gasteiger partial charge in [0.05, 0.1) is 13.7 Å². The molecule has 0 saturated heterocycles. The predicted molar refractivity (Wildman–Crippen MR) is 91.3 cm³/mol. The molecule has 7 heteroatoms. The first-order valence-corrected chi connectivity index (χ1v) is 7.62. The highest BCUT2D eigenvalue weighted by molar-refractivity contribution is 5.93. The molecule has 3 rings (SSSR count). The quantitative estimate of drug-likeness (QED) is 0.768. The van der Waals surface area contributed by atoms with E-state index >= 15 is 0 Å². The van der Waals surface area contributed by atoms with E-state index in [1.165, 1.54) is 10.6 Å². The summed E-state index contributed by atoms with van der Waals surface area (Å²) in [4.78, 5) is 24.1. The Morgan fingerprint density at radius 3 is 2.92 bits per heavy atom. The summed E-state index contributed by atoms with van der Waals surface area (Å²) in [6, 6.07) is 12.3. The van der Waals surface area contributed by atoms with Crippen LogP contribution in [0.2, 0.25) is 0 Å². The lowest BCUT2D eigenvalue weighted by atomic mass is 10.1. The second-order valence-corrected chi connectivity index (χ2v) is 5.44. The molecule has 0 aliphatic carbocycles. The third kappa shape index (κ3) is 3.60. The summed E-state index contributed by atoms with van der Waals surface area (Å²) in [5, 5.41) is 6.61. The zero-order valence-electron chi connectivity index (χ0n) is 13.9. The molecule has 1 amide bonds. The summed E-state index contributed by atoms with van der Waals surface area (Å²) in [5.74, 6) is 0.828. The lowest BCUT2D eigenvalue weighted by Crippen LogP contribution is -2.31. The van der Waals surface area contributed by atoms with Crippen molar-refractivity contribution in [2.75, 3.05) is 7.11 Å². The summed E-state index contributed by atoms with van der Waals surface area (Å²) in [6.07, 6.45) is 1.59. The van der Waals surface area contributed by atoms with Crippen LogP contribution in [0.25, 0.3) is 11.3 Å². The van der Waals surface area contributed by atoms with E-state index in [0.29, 0.717) is 17.2 Å². The van der Waals surface area contributed by atoms with Gasteiger partial charge in [-0.3, -0.25) is 9.59 Å². The van der Waals surface area contributed by atoms with Crippen LogP contribution in [0.5, 0.6) is 5.75 Å². The number of carbonyl (C=O) groups is 1. The van der Waals surface area contributed by atoms with Gasteiger partial charge in [-0.1, -0.05) is 17.3 Å². The summed E-state index contributed by atoms with van der Waals surface area (Å²) < 4.78 is 11.8. The molecule has 0 bridgehead atoms. The van der Waals surface area contributed by atoms with Crippen LogP contribution in [0.15, 0.2) is 58.0 Å². The molecule has 128 valence electrons. The maximum atomic E-state index is 12.2. The van der Waals surface area contributed by atoms with Crippen LogP contribution in [0.4, 0.5) is 0 Å². The van der Waals surface area contributed by atoms with Crippen LogP contribution in [-0.4, -0.2) is 22.7 Å². The topological polar surface area (TPSA) is 86.4 Å². The third-order valence-corrected chi connectivity index (χ3v) is 3.71. The lowest BCUT2D eigenvalue weighted by molar-refractivity contribution is 0.0948. The highest BCUT2D eigenvalue weighted by Crippen LogP contribution is 2.24. The molecule has 0 unspecified atom stereocenters. The second kappa shape index (κ2) is 7.04. The van der Waals surface area contributed by atoms with E-state index in [9.17, 15) is 9.59 Å². The molecule has 3 aromatic rings. The Morgan fingerprint density at radius 2 is 2.12 bits per heavy atom. The first-order valence-electron chi connectivity index (χ1n) is 7.62. The fourth-order valence-corrected chi connectivity index (χ4v) is 2.34. The fraction of sp³-hybridized carbons (Fsp3) is 0.167. The molecule has 25 heavy (non-hydrogen) atoms. The van der Waals surface area contributed by atoms with E-state index < -0.39 is 5.91 Å². The number of ether oxygens (including phenoxy) is 1. The van der Waals surface area contributed by atoms with E-state index in [1.54, 1.807) is 32.5 Å². The Bertz CT molecular complexity index is 959. The number of rotatable bonds is 5. The predicted octanol–water partition coefficient (Wildman–Crippen LogP) is 1.98. The second-order valence-electron chi connectivity index (χ2n) is 5.44. The molecule has 2 heterocycles. The van der Waals surface area contributed by atoms with Gasteiger partial charge in [0.15, 0.2) is 5.76 Å². The van der Waals surface area contributed by atoms with Gasteiger partial charge in [0.25, 0.3) is 11.5 Å². The summed E-state index contributed by atoms with van der Waals surface area (Å²) >= 11 is 0. The summed E-state index contributed by atoms with van der Waals surface area (Å²) in [7, 11) is 3.19. The molecule has 0 fully saturated rings. The van der Waals surface area contributed by atoms with Crippen molar-refractivity contribution in [2.45, 2.75) is 6.54 Å². The average molecular weight is 339 g/mol. The molecular formula is C18H17N3O4. The monoisotopic (exact) mass is 339 g/mol. The number of benzene rings is 1. The number of hydrogen-bond donors (Lipinski definition) is 1. The Hall–Kier alpha value is -3.35. The van der Waals surface area contributed by atoms with Crippen LogP contribution in [0.3, 0.4) is 0 Å². The Morgan fingerprint density at radius 1 is 1.28 bits per heavy atom. The number of nitrogens with one attached hydrogen (secondary N) is 1. The highest BCUT2D eigenvalue weighted by Gasteiger charge is 2.13. The maximum Gasteiger partial charge on any atom is 0.263 e. The zero-order valence-corrected chi connectivity index (χ0v) is 13.9. The van der Waals surface area contributed by atoms with E-state index in [0.717, 1.165) is 5.56 Å². The van der Waals surface area contributed by atoms with Gasteiger partial charge in [-0.15, -0.1) is 0 Å². The van der Waals surface area contributed by atoms with E-state index in [1.807, 2.05) is 24.3 Å². The van der Waals surface area contributed by atoms with Gasteiger partial charge in [0, 0.05) is 24.9 Å². The average Bonchev–Trinajstić information content (AvgIpc) is 3.11. The van der Waals surface area contributed by atoms with Gasteiger partial charge in [-0.25, -0.2) is 0 Å². The largest absolute Gasteiger partial charge is 0.497 e. The fourth-order valence-electron chi connectivity index (χ4n) is 2.34. The molecular weight excluding hydrogens is 322 g/mol. The molecule has 0 aliphatic heterocycles. The minimum atomic E-state index is -0.452. The van der Waals surface area contributed by atoms with Gasteiger partial charge in [-0.05, 0) is 24.3 Å². The van der Waals surface area contributed by atoms with Crippen molar-refractivity contribution in [1.29, 1.82) is 0 Å². The van der Waals surface area contributed by atoms with E-state index in [-0.39, 0.29) is 17.7 Å². The molecule has 1 N–H and O–H groups in total. The van der Waals surface area contributed by atoms with Crippen LogP contribution in [0, 0.1) is 0 Å². The van der Waals surface area contributed by atoms with E-state index in [2.05, 4.69) is 10.5 Å². The van der Waals surface area contributed by atoms with Crippen molar-refractivity contribution in [2.24, 2.45) is 7.05 Å². The van der Waals surface area contributed by atoms with Gasteiger partial charge in [0.1, 0.15) is 17.0 Å². The molecule has 2 aromatic heterocycles. The number of pyridine rings is 1. The number of methoxy groups -OCH3 is 1. The smallest absolute Gasteiger partial charge is 0.263 e. The minimum Gasteiger partial charge on any atom is -0.497 e. The van der Waals surface area contributed by atoms with Crippen molar-refractivity contribution in [3.63, 3.8) is 0 Å². The van der Waals surface area contributed by atoms with Crippen LogP contribution < -0.4 is 15.6 Å². The van der Waals surface area contributed by atoms with Crippen molar-refractivity contribution >= 4 is 5.91 Å². The number of aromatic nitrogens is 2. The van der Waals surface area contributed by atoms with Crippen LogP contribution in [0.1, 0.15) is 16.1 Å². The Balaban J connectivity index is 1.70. The molecule has 0 aliphatic rings. The molecule has 0 spiro atoms. The van der Waals surface area contributed by atoms with Crippen LogP contribution >= 0.6 is 0 Å². The Labute approximate surface area is 143 Å². The number of nitrogens with zero attached hydrogens (tertiary/aromatic N) is 2. The van der Waals surface area contributed by atoms with Crippen molar-refractivity contribution in [1.82, 2.24) is 15.0 Å². The van der Waals surface area contributed by atoms with Crippen LogP contribution in [-0.2, 0) is 13.6 Å². The number of aryl methyl sites for hydroxylation is 1. The van der Waals surface area contributed by atoms with Crippen molar-refractivity contribution in [3.05, 3.63) is 70.3 Å². The number of amides is 1. The van der Waals surface area contributed by atoms with Gasteiger partial charge in [-0.2, -0.15) is 0 Å². The van der Waals surface area contributed by atoms with Gasteiger partial charge >= 0.3 is 0 Å². The molecule has 7 nitrogen and oxygen atoms in total. The van der Waals surface area contributed by atoms with Gasteiger partial charge in [0.2, 0.25) is 0 Å². The molecule has 0 radical (unpaired) electrons. The molecule has 0 saturated carbocycles. The summed E-state index contributed by atoms with van der Waals surface area (Å²) in [5.41, 5.74) is 1.11. The van der Waals surface area contributed by atoms with E-state index in [4.69, 9.17) is 9.26 Å². The normalized spacial score (nSPS) is 10.5. The summed E-state index contributed by atoms with van der Waals surface area (Å²) in [6.45, 7) is 0.157. The first-order chi connectivity index (χ1) is 12.1. The molecule has 0 atom stereocenters. The molecule has 1 aromatic carbocycles. The van der Waals surface area contributed by atoms with Crippen molar-refractivity contribution in [3.8, 4) is 17.1 Å². The first kappa shape index (κ1) is 16.5. The van der Waals surface area contributed by atoms with Gasteiger partial charge < -0.3 is 19.1 Å². The number of carbonyl (C=O) groups excluding carboxylic acids is 1. The van der Waals surface area contributed by atoms with Crippen molar-refractivity contribution < 1.29 is 14.1 Å². The minimum absolute atomic E-state index is 0.0847. The maximum absolute atomic E-state index is 12.2. The standard InChI is InChI=1S/C18H17N3O4/c1-21-8-4-7-15(18(21)23)17(22)19-11-13-10-16(25-20-13)12-5-3-6-14(9-12)24-2/h3-10H,11H2,1-2H3,(H,19,22).